The van der Waals surface area contributed by atoms with Crippen LogP contribution in [0.4, 0.5) is 0 Å². The number of carbonyl (C=O) groups excluding carboxylic acids is 1. The van der Waals surface area contributed by atoms with Crippen LogP contribution in [0.2, 0.25) is 0 Å². The van der Waals surface area contributed by atoms with Gasteiger partial charge in [0.1, 0.15) is 18.1 Å². The van der Waals surface area contributed by atoms with Gasteiger partial charge >= 0.3 is 0 Å². The van der Waals surface area contributed by atoms with Gasteiger partial charge in [-0.25, -0.2) is 0 Å². The first-order valence-electron chi connectivity index (χ1n) is 12.4. The lowest BCUT2D eigenvalue weighted by Crippen LogP contribution is -2.56. The second-order valence-corrected chi connectivity index (χ2v) is 11.4. The van der Waals surface area contributed by atoms with E-state index in [2.05, 4.69) is 44.7 Å². The maximum atomic E-state index is 12.3. The molecular weight excluding hydrogens is 384 g/mol. The fraction of sp³-hybridized carbons (Fsp3) is 0.679. The van der Waals surface area contributed by atoms with Gasteiger partial charge in [-0.15, -0.1) is 0 Å². The summed E-state index contributed by atoms with van der Waals surface area (Å²) in [5, 5.41) is 11.0. The summed E-state index contributed by atoms with van der Waals surface area (Å²) in [6, 6.07) is 8.71. The van der Waals surface area contributed by atoms with Gasteiger partial charge in [0.15, 0.2) is 0 Å². The molecule has 0 radical (unpaired) electrons. The highest BCUT2D eigenvalue weighted by molar-refractivity contribution is 5.79. The maximum Gasteiger partial charge on any atom is 0.133 e. The molecule has 8 atom stereocenters. The zero-order valence-corrected chi connectivity index (χ0v) is 19.2. The van der Waals surface area contributed by atoms with Gasteiger partial charge in [-0.1, -0.05) is 38.6 Å². The monoisotopic (exact) mass is 422 g/mol. The molecular formula is C28H38O3. The van der Waals surface area contributed by atoms with Crippen molar-refractivity contribution in [2.45, 2.75) is 77.2 Å². The summed E-state index contributed by atoms with van der Waals surface area (Å²) in [6.07, 6.45) is 9.75. The van der Waals surface area contributed by atoms with Crippen LogP contribution >= 0.6 is 0 Å². The summed E-state index contributed by atoms with van der Waals surface area (Å²) < 4.78 is 5.73. The third kappa shape index (κ3) is 3.30. The summed E-state index contributed by atoms with van der Waals surface area (Å²) in [4.78, 5) is 12.3. The molecule has 4 aliphatic carbocycles. The summed E-state index contributed by atoms with van der Waals surface area (Å²) in [6.45, 7) is 9.12. The molecule has 0 amide bonds. The average Bonchev–Trinajstić information content (AvgIpc) is 3.07. The molecule has 1 aromatic rings. The van der Waals surface area contributed by atoms with Crippen LogP contribution in [0, 0.1) is 34.5 Å². The normalized spacial score (nSPS) is 44.2. The lowest BCUT2D eigenvalue weighted by Gasteiger charge is -2.62. The molecule has 1 aromatic carbocycles. The first kappa shape index (κ1) is 21.2. The molecule has 3 nitrogen and oxygen atoms in total. The number of hydrogen-bond donors (Lipinski definition) is 1. The summed E-state index contributed by atoms with van der Waals surface area (Å²) in [7, 11) is 0. The number of aliphatic hydroxyl groups is 1. The van der Waals surface area contributed by atoms with Crippen molar-refractivity contribution in [1.29, 1.82) is 0 Å². The third-order valence-corrected chi connectivity index (χ3v) is 10.1. The van der Waals surface area contributed by atoms with Crippen molar-refractivity contribution in [3.63, 3.8) is 0 Å². The van der Waals surface area contributed by atoms with Gasteiger partial charge in [0.25, 0.3) is 0 Å². The Hall–Kier alpha value is -1.61. The molecule has 0 aromatic heterocycles. The number of hydrogen-bond acceptors (Lipinski definition) is 3. The molecule has 0 saturated heterocycles. The minimum Gasteiger partial charge on any atom is -0.490 e. The van der Waals surface area contributed by atoms with Gasteiger partial charge in [0.2, 0.25) is 0 Å². The lowest BCUT2D eigenvalue weighted by molar-refractivity contribution is -0.147. The van der Waals surface area contributed by atoms with E-state index < -0.39 is 0 Å². The first-order chi connectivity index (χ1) is 14.9. The fourth-order valence-corrected chi connectivity index (χ4v) is 8.49. The Balaban J connectivity index is 1.54. The molecule has 4 fully saturated rings. The average molecular weight is 423 g/mol. The maximum absolute atomic E-state index is 12.3. The first-order valence-corrected chi connectivity index (χ1v) is 12.4. The van der Waals surface area contributed by atoms with Gasteiger partial charge < -0.3 is 9.84 Å². The Morgan fingerprint density at radius 1 is 1.13 bits per heavy atom. The van der Waals surface area contributed by atoms with Crippen LogP contribution < -0.4 is 4.74 Å². The van der Waals surface area contributed by atoms with Crippen molar-refractivity contribution in [1.82, 2.24) is 0 Å². The van der Waals surface area contributed by atoms with E-state index in [1.165, 1.54) is 24.8 Å². The van der Waals surface area contributed by atoms with Crippen LogP contribution in [0.3, 0.4) is 0 Å². The zero-order valence-electron chi connectivity index (χ0n) is 19.2. The second-order valence-electron chi connectivity index (χ2n) is 11.4. The fourth-order valence-electron chi connectivity index (χ4n) is 8.49. The number of carbonyl (C=O) groups is 1. The van der Waals surface area contributed by atoms with Crippen molar-refractivity contribution in [3.8, 4) is 5.75 Å². The number of aliphatic hydroxyl groups excluding tert-OH is 1. The predicted molar refractivity (Wildman–Crippen MR) is 123 cm³/mol. The molecule has 168 valence electrons. The minimum absolute atomic E-state index is 0.0114. The summed E-state index contributed by atoms with van der Waals surface area (Å²) in [5.74, 6) is 4.20. The van der Waals surface area contributed by atoms with E-state index in [0.29, 0.717) is 42.0 Å². The molecule has 0 bridgehead atoms. The minimum atomic E-state index is -0.186. The summed E-state index contributed by atoms with van der Waals surface area (Å²) in [5.41, 5.74) is 1.63. The van der Waals surface area contributed by atoms with Crippen molar-refractivity contribution < 1.29 is 14.6 Å². The van der Waals surface area contributed by atoms with Crippen LogP contribution in [-0.2, 0) is 4.79 Å². The number of rotatable bonds is 4. The standard InChI is InChI=1S/C28H38O3/c1-4-15-31-21-8-5-18(6-9-21)23-17-28(3)24(11-12-25(28)30)22-10-7-19-16-20(29)13-14-27(19,2)26(22)23/h4-6,8-9,19,22-26,30H,1,7,10-17H2,2-3H3/t19?,22?,23?,24?,25-,26?,27-,28?/m0/s1. The van der Waals surface area contributed by atoms with E-state index >= 15 is 0 Å². The van der Waals surface area contributed by atoms with Crippen molar-refractivity contribution in [2.75, 3.05) is 6.61 Å². The molecule has 4 saturated carbocycles. The van der Waals surface area contributed by atoms with E-state index in [1.54, 1.807) is 6.08 Å². The van der Waals surface area contributed by atoms with Gasteiger partial charge in [-0.05, 0) is 96.6 Å². The van der Waals surface area contributed by atoms with Gasteiger partial charge in [-0.2, -0.15) is 0 Å². The van der Waals surface area contributed by atoms with Crippen LogP contribution in [-0.4, -0.2) is 23.6 Å². The topological polar surface area (TPSA) is 46.5 Å². The summed E-state index contributed by atoms with van der Waals surface area (Å²) >= 11 is 0. The Morgan fingerprint density at radius 2 is 1.90 bits per heavy atom. The highest BCUT2D eigenvalue weighted by Crippen LogP contribution is 2.69. The molecule has 0 spiro atoms. The molecule has 0 aliphatic heterocycles. The Morgan fingerprint density at radius 3 is 2.65 bits per heavy atom. The number of benzene rings is 1. The van der Waals surface area contributed by atoms with Crippen LogP contribution in [0.15, 0.2) is 36.9 Å². The quantitative estimate of drug-likeness (QED) is 0.613. The molecule has 3 heteroatoms. The highest BCUT2D eigenvalue weighted by Gasteiger charge is 2.63. The van der Waals surface area contributed by atoms with E-state index in [1.807, 2.05) is 0 Å². The molecule has 5 rings (SSSR count). The molecule has 6 unspecified atom stereocenters. The van der Waals surface area contributed by atoms with Crippen LogP contribution in [0.25, 0.3) is 0 Å². The Kier molecular flexibility index (Phi) is 5.32. The van der Waals surface area contributed by atoms with Crippen LogP contribution in [0.5, 0.6) is 5.75 Å². The SMILES string of the molecule is C=CCOc1ccc(C2CC3(C)C(CC[C@@H]3O)C3CCC4CC(=O)CC[C@]4(C)C23)cc1. The number of Topliss-reactive ketones (excluding diaryl/α,β-unsaturated/α-hetero) is 1. The van der Waals surface area contributed by atoms with Crippen molar-refractivity contribution in [3.05, 3.63) is 42.5 Å². The number of ether oxygens (including phenoxy) is 1. The Labute approximate surface area is 187 Å². The van der Waals surface area contributed by atoms with Crippen molar-refractivity contribution in [2.24, 2.45) is 34.5 Å². The van der Waals surface area contributed by atoms with Crippen LogP contribution in [0.1, 0.15) is 76.7 Å². The van der Waals surface area contributed by atoms with Gasteiger partial charge in [-0.3, -0.25) is 4.79 Å². The second kappa shape index (κ2) is 7.76. The smallest absolute Gasteiger partial charge is 0.133 e. The third-order valence-electron chi connectivity index (χ3n) is 10.1. The Bertz CT molecular complexity index is 844. The zero-order chi connectivity index (χ0) is 21.8. The van der Waals surface area contributed by atoms with E-state index in [0.717, 1.165) is 37.9 Å². The van der Waals surface area contributed by atoms with E-state index in [9.17, 15) is 9.90 Å². The van der Waals surface area contributed by atoms with Crippen molar-refractivity contribution >= 4 is 5.78 Å². The largest absolute Gasteiger partial charge is 0.490 e. The van der Waals surface area contributed by atoms with Gasteiger partial charge in [0.05, 0.1) is 6.10 Å². The highest BCUT2D eigenvalue weighted by atomic mass is 16.5. The lowest BCUT2D eigenvalue weighted by atomic mass is 9.42. The molecule has 31 heavy (non-hydrogen) atoms. The number of ketones is 1. The predicted octanol–water partition coefficient (Wildman–Crippen LogP) is 5.92. The molecule has 0 heterocycles. The molecule has 1 N–H and O–H groups in total. The molecule has 4 aliphatic rings. The van der Waals surface area contributed by atoms with E-state index in [4.69, 9.17) is 4.74 Å². The van der Waals surface area contributed by atoms with E-state index in [-0.39, 0.29) is 16.9 Å². The van der Waals surface area contributed by atoms with Gasteiger partial charge in [0, 0.05) is 12.8 Å². The number of fused-ring (bicyclic) bond motifs is 5.